The summed E-state index contributed by atoms with van der Waals surface area (Å²) in [7, 11) is 0. The summed E-state index contributed by atoms with van der Waals surface area (Å²) in [5, 5.41) is 7.04. The van der Waals surface area contributed by atoms with Gasteiger partial charge in [-0.15, -0.1) is 0 Å². The summed E-state index contributed by atoms with van der Waals surface area (Å²) in [6.07, 6.45) is 0. The first kappa shape index (κ1) is 40.5. The van der Waals surface area contributed by atoms with E-state index >= 15 is 0 Å². The molecule has 0 aromatic heterocycles. The Morgan fingerprint density at radius 1 is 0.206 bits per heavy atom. The molecule has 0 N–H and O–H groups in total. The first-order valence-electron chi connectivity index (χ1n) is 23.3. The van der Waals surface area contributed by atoms with Crippen LogP contribution in [0.1, 0.15) is 0 Å². The van der Waals surface area contributed by atoms with Crippen LogP contribution in [0.5, 0.6) is 0 Å². The average molecular weight is 867 g/mol. The summed E-state index contributed by atoms with van der Waals surface area (Å²) < 4.78 is 0. The summed E-state index contributed by atoms with van der Waals surface area (Å²) in [4.78, 5) is 4.97. The third kappa shape index (κ3) is 7.54. The molecule has 320 valence electrons. The highest BCUT2D eigenvalue weighted by Crippen LogP contribution is 2.51. The fourth-order valence-electron chi connectivity index (χ4n) is 10.0. The molecule has 12 aromatic rings. The Bertz CT molecular complexity index is 3720. The van der Waals surface area contributed by atoms with Gasteiger partial charge in [0.1, 0.15) is 0 Å². The zero-order chi connectivity index (χ0) is 45.2. The molecule has 0 radical (unpaired) electrons. The summed E-state index contributed by atoms with van der Waals surface area (Å²) >= 11 is 0. The lowest BCUT2D eigenvalue weighted by Crippen LogP contribution is -2.13. The van der Waals surface area contributed by atoms with Crippen molar-refractivity contribution in [3.8, 4) is 44.5 Å². The molecule has 0 spiro atoms. The van der Waals surface area contributed by atoms with Crippen LogP contribution in [0.3, 0.4) is 0 Å². The SMILES string of the molecule is c1ccc(-c2cccc(N(c3cc4c(-c5ccccc5)c(N(c5cccc(-c6ccccc6)c5)c5cccc6ccccc56)ccc4cc3-c3ccccc3)c3cccc4ccccc34)c2)cc1. The number of hydrogen-bond acceptors (Lipinski definition) is 2. The molecule has 12 aromatic carbocycles. The number of fused-ring (bicyclic) bond motifs is 3. The minimum Gasteiger partial charge on any atom is -0.309 e. The lowest BCUT2D eigenvalue weighted by Gasteiger charge is -2.32. The second-order valence-electron chi connectivity index (χ2n) is 17.3. The highest BCUT2D eigenvalue weighted by atomic mass is 15.2. The van der Waals surface area contributed by atoms with E-state index in [0.717, 1.165) is 78.3 Å². The van der Waals surface area contributed by atoms with Crippen molar-refractivity contribution < 1.29 is 0 Å². The van der Waals surface area contributed by atoms with Crippen LogP contribution in [-0.2, 0) is 0 Å². The van der Waals surface area contributed by atoms with Crippen molar-refractivity contribution in [1.29, 1.82) is 0 Å². The highest BCUT2D eigenvalue weighted by Gasteiger charge is 2.25. The topological polar surface area (TPSA) is 6.48 Å². The first-order chi connectivity index (χ1) is 33.7. The molecule has 0 aliphatic heterocycles. The molecule has 0 saturated heterocycles. The third-order valence-electron chi connectivity index (χ3n) is 13.2. The van der Waals surface area contributed by atoms with Crippen LogP contribution in [0.15, 0.2) is 279 Å². The smallest absolute Gasteiger partial charge is 0.0546 e. The first-order valence-corrected chi connectivity index (χ1v) is 23.3. The largest absolute Gasteiger partial charge is 0.309 e. The van der Waals surface area contributed by atoms with Gasteiger partial charge in [0.25, 0.3) is 0 Å². The van der Waals surface area contributed by atoms with Crippen LogP contribution in [0.25, 0.3) is 76.8 Å². The summed E-state index contributed by atoms with van der Waals surface area (Å²) in [5.74, 6) is 0. The van der Waals surface area contributed by atoms with Crippen molar-refractivity contribution >= 4 is 66.4 Å². The minimum atomic E-state index is 1.08. The molecule has 0 bridgehead atoms. The van der Waals surface area contributed by atoms with Crippen LogP contribution in [0.2, 0.25) is 0 Å². The predicted octanol–water partition coefficient (Wildman–Crippen LogP) is 18.8. The molecule has 0 amide bonds. The highest BCUT2D eigenvalue weighted by molar-refractivity contribution is 6.12. The van der Waals surface area contributed by atoms with E-state index < -0.39 is 0 Å². The van der Waals surface area contributed by atoms with Gasteiger partial charge in [0.2, 0.25) is 0 Å². The zero-order valence-electron chi connectivity index (χ0n) is 37.5. The van der Waals surface area contributed by atoms with Crippen molar-refractivity contribution in [2.45, 2.75) is 0 Å². The lowest BCUT2D eigenvalue weighted by molar-refractivity contribution is 1.29. The summed E-state index contributed by atoms with van der Waals surface area (Å²) in [6.45, 7) is 0. The number of anilines is 6. The molecule has 0 saturated carbocycles. The monoisotopic (exact) mass is 866 g/mol. The molecule has 0 heterocycles. The Labute approximate surface area is 397 Å². The van der Waals surface area contributed by atoms with E-state index in [1.54, 1.807) is 0 Å². The standard InChI is InChI=1S/C66H46N2/c1-5-21-47(22-6-1)53-33-17-35-56(43-53)67(62-39-19-31-49-27-13-15-37-58(49)62)64-42-41-55-45-60(51-25-9-3-10-26-51)65(46-61(55)66(64)52-29-11-4-12-30-52)68(63-40-20-32-50-28-14-16-38-59(50)63)57-36-18-34-54(44-57)48-23-7-2-8-24-48/h1-46H. The molecular weight excluding hydrogens is 821 g/mol. The van der Waals surface area contributed by atoms with Crippen LogP contribution in [-0.4, -0.2) is 0 Å². The molecule has 12 rings (SSSR count). The summed E-state index contributed by atoms with van der Waals surface area (Å²) in [5.41, 5.74) is 15.8. The fraction of sp³-hybridized carbons (Fsp3) is 0. The molecule has 0 fully saturated rings. The van der Waals surface area contributed by atoms with E-state index in [1.807, 2.05) is 0 Å². The van der Waals surface area contributed by atoms with Gasteiger partial charge in [0.15, 0.2) is 0 Å². The van der Waals surface area contributed by atoms with Crippen LogP contribution in [0, 0.1) is 0 Å². The maximum Gasteiger partial charge on any atom is 0.0546 e. The van der Waals surface area contributed by atoms with Crippen molar-refractivity contribution in [3.63, 3.8) is 0 Å². The molecular formula is C66H46N2. The maximum atomic E-state index is 2.49. The molecule has 2 nitrogen and oxygen atoms in total. The molecule has 0 atom stereocenters. The lowest BCUT2D eigenvalue weighted by atomic mass is 9.90. The Morgan fingerprint density at radius 2 is 0.618 bits per heavy atom. The van der Waals surface area contributed by atoms with Gasteiger partial charge in [-0.1, -0.05) is 224 Å². The number of benzene rings is 12. The van der Waals surface area contributed by atoms with E-state index in [2.05, 4.69) is 289 Å². The Hall–Kier alpha value is -8.98. The van der Waals surface area contributed by atoms with Crippen molar-refractivity contribution in [2.75, 3.05) is 9.80 Å². The van der Waals surface area contributed by atoms with E-state index in [-0.39, 0.29) is 0 Å². The van der Waals surface area contributed by atoms with Gasteiger partial charge in [-0.3, -0.25) is 0 Å². The van der Waals surface area contributed by atoms with E-state index in [0.29, 0.717) is 0 Å². The average Bonchev–Trinajstić information content (AvgIpc) is 3.42. The fourth-order valence-corrected chi connectivity index (χ4v) is 10.0. The Kier molecular flexibility index (Phi) is 10.6. The second-order valence-corrected chi connectivity index (χ2v) is 17.3. The quantitative estimate of drug-likeness (QED) is 0.135. The molecule has 0 unspecified atom stereocenters. The van der Waals surface area contributed by atoms with Crippen molar-refractivity contribution in [2.24, 2.45) is 0 Å². The predicted molar refractivity (Wildman–Crippen MR) is 290 cm³/mol. The molecule has 68 heavy (non-hydrogen) atoms. The Balaban J connectivity index is 1.19. The second kappa shape index (κ2) is 17.8. The van der Waals surface area contributed by atoms with Crippen LogP contribution < -0.4 is 9.80 Å². The number of rotatable bonds is 10. The summed E-state index contributed by atoms with van der Waals surface area (Å²) in [6, 6.07) is 102. The van der Waals surface area contributed by atoms with Crippen molar-refractivity contribution in [3.05, 3.63) is 279 Å². The van der Waals surface area contributed by atoms with Gasteiger partial charge in [0.05, 0.1) is 22.7 Å². The van der Waals surface area contributed by atoms with Gasteiger partial charge in [-0.25, -0.2) is 0 Å². The molecule has 0 aliphatic rings. The van der Waals surface area contributed by atoms with E-state index in [9.17, 15) is 0 Å². The molecule has 0 aliphatic carbocycles. The maximum absolute atomic E-state index is 2.49. The van der Waals surface area contributed by atoms with Gasteiger partial charge in [0, 0.05) is 33.3 Å². The van der Waals surface area contributed by atoms with Gasteiger partial charge in [-0.05, 0) is 110 Å². The van der Waals surface area contributed by atoms with Gasteiger partial charge in [-0.2, -0.15) is 0 Å². The van der Waals surface area contributed by atoms with E-state index in [1.165, 1.54) is 32.7 Å². The zero-order valence-corrected chi connectivity index (χ0v) is 37.5. The number of hydrogen-bond donors (Lipinski definition) is 0. The number of nitrogens with zero attached hydrogens (tertiary/aromatic N) is 2. The van der Waals surface area contributed by atoms with Crippen LogP contribution >= 0.6 is 0 Å². The minimum absolute atomic E-state index is 1.08. The van der Waals surface area contributed by atoms with Gasteiger partial charge < -0.3 is 9.80 Å². The molecule has 2 heteroatoms. The van der Waals surface area contributed by atoms with E-state index in [4.69, 9.17) is 0 Å². The van der Waals surface area contributed by atoms with Gasteiger partial charge >= 0.3 is 0 Å². The van der Waals surface area contributed by atoms with Crippen LogP contribution in [0.4, 0.5) is 34.1 Å². The normalized spacial score (nSPS) is 11.2. The van der Waals surface area contributed by atoms with Crippen molar-refractivity contribution in [1.82, 2.24) is 0 Å². The third-order valence-corrected chi connectivity index (χ3v) is 13.2. The Morgan fingerprint density at radius 3 is 1.15 bits per heavy atom.